The van der Waals surface area contributed by atoms with Crippen molar-refractivity contribution in [1.29, 1.82) is 0 Å². The highest BCUT2D eigenvalue weighted by molar-refractivity contribution is 6.30. The van der Waals surface area contributed by atoms with Crippen LogP contribution in [0.3, 0.4) is 0 Å². The van der Waals surface area contributed by atoms with Gasteiger partial charge in [-0.05, 0) is 36.8 Å². The Hall–Kier alpha value is -1.71. The van der Waals surface area contributed by atoms with Crippen LogP contribution in [0.15, 0.2) is 48.5 Å². The molecule has 21 heavy (non-hydrogen) atoms. The first kappa shape index (κ1) is 15.7. The summed E-state index contributed by atoms with van der Waals surface area (Å²) >= 11 is 5.92. The fraction of sp³-hybridized carbons (Fsp3) is 0.294. The summed E-state index contributed by atoms with van der Waals surface area (Å²) in [5.74, 6) is 1.42. The van der Waals surface area contributed by atoms with Gasteiger partial charge in [0.2, 0.25) is 0 Å². The topological polar surface area (TPSA) is 38.7 Å². The second-order valence-corrected chi connectivity index (χ2v) is 5.30. The Labute approximate surface area is 130 Å². The van der Waals surface area contributed by atoms with E-state index in [0.29, 0.717) is 17.2 Å². The van der Waals surface area contributed by atoms with Crippen molar-refractivity contribution in [2.45, 2.75) is 25.6 Å². The predicted molar refractivity (Wildman–Crippen MR) is 84.2 cm³/mol. The maximum atomic E-state index is 10.3. The lowest BCUT2D eigenvalue weighted by Gasteiger charge is -2.21. The van der Waals surface area contributed by atoms with E-state index in [-0.39, 0.29) is 6.10 Å². The van der Waals surface area contributed by atoms with Crippen molar-refractivity contribution in [2.75, 3.05) is 7.11 Å². The van der Waals surface area contributed by atoms with Crippen LogP contribution in [0, 0.1) is 0 Å². The molecule has 0 heterocycles. The van der Waals surface area contributed by atoms with Crippen LogP contribution in [0.1, 0.15) is 12.5 Å². The van der Waals surface area contributed by atoms with E-state index in [1.54, 1.807) is 19.2 Å². The van der Waals surface area contributed by atoms with Gasteiger partial charge in [0.1, 0.15) is 17.6 Å². The number of para-hydroxylation sites is 1. The Kier molecular flexibility index (Phi) is 5.48. The van der Waals surface area contributed by atoms with E-state index in [2.05, 4.69) is 0 Å². The van der Waals surface area contributed by atoms with Crippen molar-refractivity contribution in [1.82, 2.24) is 0 Å². The molecule has 0 aliphatic heterocycles. The fourth-order valence-corrected chi connectivity index (χ4v) is 2.28. The third kappa shape index (κ3) is 4.38. The third-order valence-electron chi connectivity index (χ3n) is 3.28. The van der Waals surface area contributed by atoms with E-state index >= 15 is 0 Å². The van der Waals surface area contributed by atoms with Gasteiger partial charge in [-0.2, -0.15) is 0 Å². The van der Waals surface area contributed by atoms with Crippen LogP contribution < -0.4 is 9.47 Å². The number of hydrogen-bond donors (Lipinski definition) is 1. The molecule has 0 radical (unpaired) electrons. The summed E-state index contributed by atoms with van der Waals surface area (Å²) in [4.78, 5) is 0. The average Bonchev–Trinajstić information content (AvgIpc) is 2.47. The number of benzene rings is 2. The summed E-state index contributed by atoms with van der Waals surface area (Å²) in [5.41, 5.74) is 0.953. The highest BCUT2D eigenvalue weighted by atomic mass is 35.5. The molecule has 2 rings (SSSR count). The number of halogens is 1. The van der Waals surface area contributed by atoms with Crippen molar-refractivity contribution in [3.05, 3.63) is 59.1 Å². The molecule has 0 aliphatic carbocycles. The minimum Gasteiger partial charge on any atom is -0.496 e. The van der Waals surface area contributed by atoms with Gasteiger partial charge in [-0.25, -0.2) is 0 Å². The monoisotopic (exact) mass is 306 g/mol. The lowest BCUT2D eigenvalue weighted by molar-refractivity contribution is 0.0475. The summed E-state index contributed by atoms with van der Waals surface area (Å²) in [5, 5.41) is 10.9. The average molecular weight is 307 g/mol. The Morgan fingerprint density at radius 3 is 2.62 bits per heavy atom. The van der Waals surface area contributed by atoms with Gasteiger partial charge in [0.15, 0.2) is 0 Å². The molecule has 4 heteroatoms. The maximum absolute atomic E-state index is 10.3. The van der Waals surface area contributed by atoms with Gasteiger partial charge in [-0.3, -0.25) is 0 Å². The van der Waals surface area contributed by atoms with Crippen molar-refractivity contribution in [3.63, 3.8) is 0 Å². The third-order valence-corrected chi connectivity index (χ3v) is 3.52. The van der Waals surface area contributed by atoms with Crippen LogP contribution in [-0.2, 0) is 6.42 Å². The molecule has 0 aliphatic rings. The normalized spacial score (nSPS) is 13.5. The van der Waals surface area contributed by atoms with Crippen LogP contribution in [0.2, 0.25) is 5.02 Å². The van der Waals surface area contributed by atoms with Gasteiger partial charge in [0.25, 0.3) is 0 Å². The van der Waals surface area contributed by atoms with Gasteiger partial charge in [0, 0.05) is 11.4 Å². The molecule has 2 unspecified atom stereocenters. The number of ether oxygens (including phenoxy) is 2. The predicted octanol–water partition coefficient (Wildman–Crippen LogP) is 3.72. The molecule has 2 atom stereocenters. The molecular weight excluding hydrogens is 288 g/mol. The molecule has 0 saturated heterocycles. The fourth-order valence-electron chi connectivity index (χ4n) is 2.10. The van der Waals surface area contributed by atoms with E-state index in [1.807, 2.05) is 43.3 Å². The van der Waals surface area contributed by atoms with Crippen molar-refractivity contribution in [2.24, 2.45) is 0 Å². The molecule has 0 saturated carbocycles. The first-order valence-corrected chi connectivity index (χ1v) is 7.20. The van der Waals surface area contributed by atoms with Gasteiger partial charge < -0.3 is 14.6 Å². The van der Waals surface area contributed by atoms with Gasteiger partial charge in [0.05, 0.1) is 13.2 Å². The first-order valence-electron chi connectivity index (χ1n) is 6.82. The maximum Gasteiger partial charge on any atom is 0.122 e. The number of aliphatic hydroxyl groups is 1. The minimum atomic E-state index is -0.639. The molecule has 0 fully saturated rings. The van der Waals surface area contributed by atoms with Crippen molar-refractivity contribution in [3.8, 4) is 11.5 Å². The molecule has 0 aromatic heterocycles. The Morgan fingerprint density at radius 2 is 1.90 bits per heavy atom. The summed E-state index contributed by atoms with van der Waals surface area (Å²) in [7, 11) is 1.62. The smallest absolute Gasteiger partial charge is 0.122 e. The van der Waals surface area contributed by atoms with Crippen LogP contribution in [-0.4, -0.2) is 24.4 Å². The quantitative estimate of drug-likeness (QED) is 0.884. The number of aliphatic hydroxyl groups excluding tert-OH is 1. The van der Waals surface area contributed by atoms with Gasteiger partial charge in [-0.15, -0.1) is 0 Å². The number of rotatable bonds is 6. The Morgan fingerprint density at radius 1 is 1.14 bits per heavy atom. The van der Waals surface area contributed by atoms with Gasteiger partial charge in [-0.1, -0.05) is 35.9 Å². The van der Waals surface area contributed by atoms with Crippen LogP contribution >= 0.6 is 11.6 Å². The van der Waals surface area contributed by atoms with E-state index in [4.69, 9.17) is 21.1 Å². The molecule has 2 aromatic carbocycles. The Bertz CT molecular complexity index is 586. The lowest BCUT2D eigenvalue weighted by Crippen LogP contribution is -2.30. The minimum absolute atomic E-state index is 0.353. The van der Waals surface area contributed by atoms with Crippen molar-refractivity contribution >= 4 is 11.6 Å². The van der Waals surface area contributed by atoms with E-state index in [0.717, 1.165) is 11.3 Å². The summed E-state index contributed by atoms with van der Waals surface area (Å²) in [6, 6.07) is 14.8. The van der Waals surface area contributed by atoms with Gasteiger partial charge >= 0.3 is 0 Å². The molecule has 3 nitrogen and oxygen atoms in total. The molecule has 0 amide bonds. The summed E-state index contributed by atoms with van der Waals surface area (Å²) in [6.07, 6.45) is -0.528. The summed E-state index contributed by atoms with van der Waals surface area (Å²) < 4.78 is 11.0. The van der Waals surface area contributed by atoms with Crippen LogP contribution in [0.5, 0.6) is 11.5 Å². The number of hydrogen-bond acceptors (Lipinski definition) is 3. The lowest BCUT2D eigenvalue weighted by atomic mass is 10.0. The standard InChI is InChI=1S/C17H19ClO3/c1-12(21-15-8-5-7-14(18)11-15)16(19)10-13-6-3-4-9-17(13)20-2/h3-9,11-12,16,19H,10H2,1-2H3. The van der Waals surface area contributed by atoms with E-state index in [1.165, 1.54) is 0 Å². The largest absolute Gasteiger partial charge is 0.496 e. The van der Waals surface area contributed by atoms with E-state index < -0.39 is 6.10 Å². The first-order chi connectivity index (χ1) is 10.1. The zero-order chi connectivity index (χ0) is 15.2. The molecule has 0 spiro atoms. The second-order valence-electron chi connectivity index (χ2n) is 4.86. The summed E-state index contributed by atoms with van der Waals surface area (Å²) in [6.45, 7) is 1.83. The molecule has 1 N–H and O–H groups in total. The highest BCUT2D eigenvalue weighted by Gasteiger charge is 2.18. The Balaban J connectivity index is 2.01. The zero-order valence-electron chi connectivity index (χ0n) is 12.1. The van der Waals surface area contributed by atoms with Crippen molar-refractivity contribution < 1.29 is 14.6 Å². The molecule has 2 aromatic rings. The van der Waals surface area contributed by atoms with Crippen LogP contribution in [0.4, 0.5) is 0 Å². The highest BCUT2D eigenvalue weighted by Crippen LogP contribution is 2.22. The molecule has 112 valence electrons. The molecular formula is C17H19ClO3. The van der Waals surface area contributed by atoms with Crippen LogP contribution in [0.25, 0.3) is 0 Å². The zero-order valence-corrected chi connectivity index (χ0v) is 12.9. The number of methoxy groups -OCH3 is 1. The van der Waals surface area contributed by atoms with E-state index in [9.17, 15) is 5.11 Å². The molecule has 0 bridgehead atoms. The SMILES string of the molecule is COc1ccccc1CC(O)C(C)Oc1cccc(Cl)c1. The second kappa shape index (κ2) is 7.34.